The molecule has 0 spiro atoms. The summed E-state index contributed by atoms with van der Waals surface area (Å²) in [5.41, 5.74) is 3.79. The van der Waals surface area contributed by atoms with Crippen molar-refractivity contribution in [1.82, 2.24) is 30.2 Å². The summed E-state index contributed by atoms with van der Waals surface area (Å²) in [5, 5.41) is 14.5. The summed E-state index contributed by atoms with van der Waals surface area (Å²) in [4.78, 5) is 8.64. The molecule has 0 saturated heterocycles. The van der Waals surface area contributed by atoms with Crippen LogP contribution in [0.15, 0.2) is 43.0 Å². The largest absolute Gasteiger partial charge is 0.377 e. The van der Waals surface area contributed by atoms with Crippen LogP contribution in [0.5, 0.6) is 0 Å². The lowest BCUT2D eigenvalue weighted by molar-refractivity contribution is 0.788. The minimum absolute atomic E-state index is 0.0811. The summed E-state index contributed by atoms with van der Waals surface area (Å²) in [7, 11) is 0. The molecule has 106 valence electrons. The van der Waals surface area contributed by atoms with Gasteiger partial charge in [-0.25, -0.2) is 4.68 Å². The van der Waals surface area contributed by atoms with E-state index in [4.69, 9.17) is 0 Å². The van der Waals surface area contributed by atoms with Gasteiger partial charge < -0.3 is 5.32 Å². The van der Waals surface area contributed by atoms with Crippen molar-refractivity contribution in [2.45, 2.75) is 19.9 Å². The summed E-state index contributed by atoms with van der Waals surface area (Å²) >= 11 is 0. The van der Waals surface area contributed by atoms with Crippen LogP contribution < -0.4 is 5.32 Å². The van der Waals surface area contributed by atoms with E-state index in [1.54, 1.807) is 23.4 Å². The maximum absolute atomic E-state index is 4.38. The van der Waals surface area contributed by atoms with Gasteiger partial charge in [-0.1, -0.05) is 0 Å². The molecule has 21 heavy (non-hydrogen) atoms. The monoisotopic (exact) mass is 281 g/mol. The number of aromatic nitrogens is 6. The van der Waals surface area contributed by atoms with Crippen LogP contribution in [-0.4, -0.2) is 30.2 Å². The molecule has 1 unspecified atom stereocenters. The van der Waals surface area contributed by atoms with Crippen molar-refractivity contribution < 1.29 is 0 Å². The smallest absolute Gasteiger partial charge is 0.143 e. The quantitative estimate of drug-likeness (QED) is 0.787. The number of hydrogen-bond donors (Lipinski definition) is 1. The highest BCUT2D eigenvalue weighted by molar-refractivity contribution is 5.49. The van der Waals surface area contributed by atoms with Crippen LogP contribution in [0.3, 0.4) is 0 Å². The Hall–Kier alpha value is -2.83. The maximum Gasteiger partial charge on any atom is 0.143 e. The maximum atomic E-state index is 4.38. The van der Waals surface area contributed by atoms with Crippen LogP contribution in [0, 0.1) is 6.92 Å². The van der Waals surface area contributed by atoms with Gasteiger partial charge >= 0.3 is 0 Å². The Labute approximate surface area is 122 Å². The van der Waals surface area contributed by atoms with Gasteiger partial charge in [0.2, 0.25) is 0 Å². The SMILES string of the molecule is Cc1nccnc1C(C)Nc1ccc(-n2cnnn2)cc1. The number of aryl methyl sites for hydroxylation is 1. The molecule has 1 N–H and O–H groups in total. The minimum atomic E-state index is 0.0811. The first-order chi connectivity index (χ1) is 10.2. The van der Waals surface area contributed by atoms with E-state index >= 15 is 0 Å². The fourth-order valence-corrected chi connectivity index (χ4v) is 2.15. The van der Waals surface area contributed by atoms with Gasteiger partial charge in [-0.15, -0.1) is 5.10 Å². The van der Waals surface area contributed by atoms with Crippen molar-refractivity contribution in [2.75, 3.05) is 5.32 Å². The predicted molar refractivity (Wildman–Crippen MR) is 78.0 cm³/mol. The van der Waals surface area contributed by atoms with Gasteiger partial charge in [0.15, 0.2) is 0 Å². The van der Waals surface area contributed by atoms with Crippen molar-refractivity contribution in [3.63, 3.8) is 0 Å². The number of rotatable bonds is 4. The van der Waals surface area contributed by atoms with Crippen molar-refractivity contribution >= 4 is 5.69 Å². The molecule has 0 radical (unpaired) electrons. The molecule has 0 saturated carbocycles. The first-order valence-electron chi connectivity index (χ1n) is 6.61. The molecule has 0 aliphatic carbocycles. The highest BCUT2D eigenvalue weighted by Gasteiger charge is 2.10. The average Bonchev–Trinajstić information content (AvgIpc) is 3.02. The normalized spacial score (nSPS) is 12.1. The Kier molecular flexibility index (Phi) is 3.55. The highest BCUT2D eigenvalue weighted by atomic mass is 15.5. The fraction of sp³-hybridized carbons (Fsp3) is 0.214. The van der Waals surface area contributed by atoms with Gasteiger partial charge in [0.05, 0.1) is 23.1 Å². The van der Waals surface area contributed by atoms with Crippen molar-refractivity contribution in [3.8, 4) is 5.69 Å². The summed E-state index contributed by atoms with van der Waals surface area (Å²) < 4.78 is 1.61. The first-order valence-corrected chi connectivity index (χ1v) is 6.61. The summed E-state index contributed by atoms with van der Waals surface area (Å²) in [6.07, 6.45) is 4.97. The third kappa shape index (κ3) is 2.86. The average molecular weight is 281 g/mol. The number of tetrazole rings is 1. The molecule has 2 heterocycles. The molecule has 2 aromatic heterocycles. The molecule has 0 fully saturated rings. The van der Waals surface area contributed by atoms with Gasteiger partial charge in [-0.3, -0.25) is 9.97 Å². The molecule has 7 heteroatoms. The van der Waals surface area contributed by atoms with E-state index in [1.165, 1.54) is 0 Å². The number of nitrogens with zero attached hydrogens (tertiary/aromatic N) is 6. The van der Waals surface area contributed by atoms with Crippen LogP contribution in [0.25, 0.3) is 5.69 Å². The van der Waals surface area contributed by atoms with E-state index in [1.807, 2.05) is 31.2 Å². The molecule has 1 aromatic carbocycles. The van der Waals surface area contributed by atoms with Crippen molar-refractivity contribution in [3.05, 3.63) is 54.4 Å². The van der Waals surface area contributed by atoms with Gasteiger partial charge in [0.1, 0.15) is 6.33 Å². The van der Waals surface area contributed by atoms with Crippen LogP contribution in [-0.2, 0) is 0 Å². The molecular weight excluding hydrogens is 266 g/mol. The lowest BCUT2D eigenvalue weighted by Crippen LogP contribution is -2.11. The second kappa shape index (κ2) is 5.66. The second-order valence-corrected chi connectivity index (χ2v) is 4.69. The van der Waals surface area contributed by atoms with Gasteiger partial charge in [0.25, 0.3) is 0 Å². The third-order valence-electron chi connectivity index (χ3n) is 3.19. The Morgan fingerprint density at radius 1 is 1.10 bits per heavy atom. The molecule has 3 aromatic rings. The molecule has 1 atom stereocenters. The Bertz CT molecular complexity index is 706. The van der Waals surface area contributed by atoms with E-state index < -0.39 is 0 Å². The minimum Gasteiger partial charge on any atom is -0.377 e. The van der Waals surface area contributed by atoms with Crippen LogP contribution in [0.1, 0.15) is 24.4 Å². The third-order valence-corrected chi connectivity index (χ3v) is 3.19. The Morgan fingerprint density at radius 2 is 1.86 bits per heavy atom. The molecule has 0 aliphatic rings. The summed E-state index contributed by atoms with van der Waals surface area (Å²) in [6.45, 7) is 4.02. The zero-order valence-electron chi connectivity index (χ0n) is 11.8. The second-order valence-electron chi connectivity index (χ2n) is 4.69. The van der Waals surface area contributed by atoms with Crippen molar-refractivity contribution in [1.29, 1.82) is 0 Å². The van der Waals surface area contributed by atoms with Crippen LogP contribution in [0.4, 0.5) is 5.69 Å². The van der Waals surface area contributed by atoms with Gasteiger partial charge in [0, 0.05) is 18.1 Å². The summed E-state index contributed by atoms with van der Waals surface area (Å²) in [6, 6.07) is 7.96. The van der Waals surface area contributed by atoms with Gasteiger partial charge in [-0.05, 0) is 48.5 Å². The van der Waals surface area contributed by atoms with E-state index in [2.05, 4.69) is 37.7 Å². The first kappa shape index (κ1) is 13.2. The zero-order chi connectivity index (χ0) is 14.7. The standard InChI is InChI=1S/C14H15N7/c1-10-14(16-8-7-15-10)11(2)18-12-3-5-13(6-4-12)21-9-17-19-20-21/h3-9,11,18H,1-2H3. The number of hydrogen-bond acceptors (Lipinski definition) is 6. The molecule has 3 rings (SSSR count). The van der Waals surface area contributed by atoms with Gasteiger partial charge in [-0.2, -0.15) is 0 Å². The van der Waals surface area contributed by atoms with Crippen molar-refractivity contribution in [2.24, 2.45) is 0 Å². The number of anilines is 1. The predicted octanol–water partition coefficient (Wildman–Crippen LogP) is 1.93. The number of nitrogens with one attached hydrogen (secondary N) is 1. The Balaban J connectivity index is 1.75. The van der Waals surface area contributed by atoms with Crippen LogP contribution >= 0.6 is 0 Å². The van der Waals surface area contributed by atoms with E-state index in [0.29, 0.717) is 0 Å². The van der Waals surface area contributed by atoms with E-state index in [9.17, 15) is 0 Å². The summed E-state index contributed by atoms with van der Waals surface area (Å²) in [5.74, 6) is 0. The fourth-order valence-electron chi connectivity index (χ4n) is 2.15. The van der Waals surface area contributed by atoms with E-state index in [-0.39, 0.29) is 6.04 Å². The number of benzene rings is 1. The molecular formula is C14H15N7. The Morgan fingerprint density at radius 3 is 2.52 bits per heavy atom. The zero-order valence-corrected chi connectivity index (χ0v) is 11.8. The molecule has 7 nitrogen and oxygen atoms in total. The molecule has 0 amide bonds. The lowest BCUT2D eigenvalue weighted by Gasteiger charge is -2.16. The lowest BCUT2D eigenvalue weighted by atomic mass is 10.1. The topological polar surface area (TPSA) is 81.4 Å². The van der Waals surface area contributed by atoms with Crippen LogP contribution in [0.2, 0.25) is 0 Å². The highest BCUT2D eigenvalue weighted by Crippen LogP contribution is 2.20. The molecule has 0 bridgehead atoms. The molecule has 0 aliphatic heterocycles. The van der Waals surface area contributed by atoms with E-state index in [0.717, 1.165) is 22.8 Å².